The second-order valence-corrected chi connectivity index (χ2v) is 5.63. The molecular formula is C20H21N3O3. The van der Waals surface area contributed by atoms with E-state index in [1.807, 2.05) is 48.5 Å². The van der Waals surface area contributed by atoms with Crippen molar-refractivity contribution in [2.75, 3.05) is 19.7 Å². The number of benzene rings is 2. The lowest BCUT2D eigenvalue weighted by atomic mass is 9.95. The monoisotopic (exact) mass is 351 g/mol. The Morgan fingerprint density at radius 2 is 1.96 bits per heavy atom. The molecule has 6 heteroatoms. The largest absolute Gasteiger partial charge is 0.449 e. The highest BCUT2D eigenvalue weighted by Gasteiger charge is 2.21. The summed E-state index contributed by atoms with van der Waals surface area (Å²) >= 11 is 0. The minimum absolute atomic E-state index is 0.0719. The normalized spacial score (nSPS) is 11.2. The molecule has 0 aromatic heterocycles. The Kier molecular flexibility index (Phi) is 7.19. The molecule has 2 rings (SSSR count). The van der Waals surface area contributed by atoms with E-state index < -0.39 is 12.0 Å². The molecule has 6 nitrogen and oxygen atoms in total. The molecule has 1 unspecified atom stereocenters. The summed E-state index contributed by atoms with van der Waals surface area (Å²) in [7, 11) is 0. The predicted molar refractivity (Wildman–Crippen MR) is 99.5 cm³/mol. The number of hydrogen-bond donors (Lipinski definition) is 2. The molecule has 2 aromatic rings. The third-order valence-electron chi connectivity index (χ3n) is 3.84. The predicted octanol–water partition coefficient (Wildman–Crippen LogP) is 2.87. The van der Waals surface area contributed by atoms with Crippen LogP contribution in [0.5, 0.6) is 0 Å². The first kappa shape index (κ1) is 19.0. The van der Waals surface area contributed by atoms with E-state index in [-0.39, 0.29) is 25.6 Å². The van der Waals surface area contributed by atoms with Crippen LogP contribution in [0, 0.1) is 11.3 Å². The molecular weight excluding hydrogens is 330 g/mol. The fraction of sp³-hybridized carbons (Fsp3) is 0.250. The highest BCUT2D eigenvalue weighted by Crippen LogP contribution is 2.22. The topological polar surface area (TPSA) is 91.2 Å². The summed E-state index contributed by atoms with van der Waals surface area (Å²) in [5.41, 5.74) is 0.755. The molecule has 2 N–H and O–H groups in total. The van der Waals surface area contributed by atoms with Gasteiger partial charge in [0.25, 0.3) is 0 Å². The van der Waals surface area contributed by atoms with Crippen LogP contribution in [0.15, 0.2) is 55.1 Å². The van der Waals surface area contributed by atoms with Crippen molar-refractivity contribution in [2.24, 2.45) is 0 Å². The smallest absolute Gasteiger partial charge is 0.407 e. The molecule has 0 aliphatic carbocycles. The maximum absolute atomic E-state index is 12.4. The summed E-state index contributed by atoms with van der Waals surface area (Å²) in [6.45, 7) is 3.77. The van der Waals surface area contributed by atoms with Gasteiger partial charge in [-0.3, -0.25) is 4.79 Å². The Bertz CT molecular complexity index is 826. The van der Waals surface area contributed by atoms with E-state index in [9.17, 15) is 9.59 Å². The van der Waals surface area contributed by atoms with Gasteiger partial charge in [0, 0.05) is 6.54 Å². The molecule has 2 aromatic carbocycles. The summed E-state index contributed by atoms with van der Waals surface area (Å²) < 4.78 is 4.99. The summed E-state index contributed by atoms with van der Waals surface area (Å²) in [5.74, 6) is -0.951. The Balaban J connectivity index is 2.14. The second-order valence-electron chi connectivity index (χ2n) is 5.63. The fourth-order valence-corrected chi connectivity index (χ4v) is 2.51. The zero-order valence-corrected chi connectivity index (χ0v) is 14.4. The van der Waals surface area contributed by atoms with Crippen molar-refractivity contribution in [3.8, 4) is 6.07 Å². The van der Waals surface area contributed by atoms with Gasteiger partial charge in [0.15, 0.2) is 0 Å². The van der Waals surface area contributed by atoms with Crippen molar-refractivity contribution in [1.29, 1.82) is 5.26 Å². The summed E-state index contributed by atoms with van der Waals surface area (Å²) in [4.78, 5) is 24.2. The lowest BCUT2D eigenvalue weighted by Gasteiger charge is -2.18. The van der Waals surface area contributed by atoms with Crippen molar-refractivity contribution in [1.82, 2.24) is 10.6 Å². The van der Waals surface area contributed by atoms with E-state index >= 15 is 0 Å². The highest BCUT2D eigenvalue weighted by molar-refractivity contribution is 5.88. The molecule has 0 saturated carbocycles. The molecule has 0 heterocycles. The third kappa shape index (κ3) is 5.35. The van der Waals surface area contributed by atoms with Crippen molar-refractivity contribution in [3.63, 3.8) is 0 Å². The van der Waals surface area contributed by atoms with E-state index in [0.29, 0.717) is 6.42 Å². The van der Waals surface area contributed by atoms with Crippen LogP contribution in [0.2, 0.25) is 0 Å². The maximum Gasteiger partial charge on any atom is 0.407 e. The van der Waals surface area contributed by atoms with Gasteiger partial charge in [-0.1, -0.05) is 48.5 Å². The molecule has 0 bridgehead atoms. The lowest BCUT2D eigenvalue weighted by Crippen LogP contribution is -2.38. The van der Waals surface area contributed by atoms with Crippen molar-refractivity contribution in [3.05, 3.63) is 60.7 Å². The molecule has 0 saturated heterocycles. The number of ether oxygens (including phenoxy) is 1. The van der Waals surface area contributed by atoms with E-state index in [4.69, 9.17) is 10.00 Å². The number of amides is 2. The van der Waals surface area contributed by atoms with Crippen LogP contribution >= 0.6 is 0 Å². The number of nitrogens with zero attached hydrogens (tertiary/aromatic N) is 1. The third-order valence-corrected chi connectivity index (χ3v) is 3.84. The zero-order valence-electron chi connectivity index (χ0n) is 14.4. The van der Waals surface area contributed by atoms with Gasteiger partial charge in [-0.25, -0.2) is 4.79 Å². The van der Waals surface area contributed by atoms with Gasteiger partial charge in [-0.05, 0) is 22.8 Å². The maximum atomic E-state index is 12.4. The summed E-state index contributed by atoms with van der Waals surface area (Å²) in [6.07, 6.45) is 1.62. The zero-order chi connectivity index (χ0) is 18.8. The molecule has 0 aliphatic heterocycles. The first-order chi connectivity index (χ1) is 12.7. The van der Waals surface area contributed by atoms with E-state index in [1.54, 1.807) is 6.08 Å². The van der Waals surface area contributed by atoms with Crippen LogP contribution in [0.25, 0.3) is 10.8 Å². The molecule has 26 heavy (non-hydrogen) atoms. The Morgan fingerprint density at radius 3 is 2.69 bits per heavy atom. The molecule has 2 amide bonds. The van der Waals surface area contributed by atoms with Crippen molar-refractivity contribution in [2.45, 2.75) is 12.3 Å². The number of hydrogen-bond acceptors (Lipinski definition) is 4. The van der Waals surface area contributed by atoms with Gasteiger partial charge in [0.05, 0.1) is 18.6 Å². The number of rotatable bonds is 8. The molecule has 0 radical (unpaired) electrons. The Labute approximate surface area is 152 Å². The lowest BCUT2D eigenvalue weighted by molar-refractivity contribution is -0.122. The van der Waals surface area contributed by atoms with Gasteiger partial charge in [-0.15, -0.1) is 6.58 Å². The van der Waals surface area contributed by atoms with Crippen molar-refractivity contribution < 1.29 is 14.3 Å². The molecule has 134 valence electrons. The Morgan fingerprint density at radius 1 is 1.19 bits per heavy atom. The quantitative estimate of drug-likeness (QED) is 0.435. The SMILES string of the molecule is C=CCCOC(=O)NCC(C(=O)NCC#N)c1ccc2ccccc2c1. The summed E-state index contributed by atoms with van der Waals surface area (Å²) in [5, 5.41) is 15.9. The van der Waals surface area contributed by atoms with E-state index in [1.165, 1.54) is 0 Å². The molecule has 0 fully saturated rings. The van der Waals surface area contributed by atoms with Crippen LogP contribution < -0.4 is 10.6 Å². The van der Waals surface area contributed by atoms with Gasteiger partial charge in [0.1, 0.15) is 6.54 Å². The van der Waals surface area contributed by atoms with Crippen LogP contribution in [0.1, 0.15) is 17.9 Å². The van der Waals surface area contributed by atoms with Gasteiger partial charge in [0.2, 0.25) is 5.91 Å². The number of nitrogens with one attached hydrogen (secondary N) is 2. The minimum atomic E-state index is -0.625. The number of nitriles is 1. The fourth-order valence-electron chi connectivity index (χ4n) is 2.51. The van der Waals surface area contributed by atoms with Crippen LogP contribution in [-0.4, -0.2) is 31.7 Å². The first-order valence-electron chi connectivity index (χ1n) is 8.30. The average Bonchev–Trinajstić information content (AvgIpc) is 2.66. The molecule has 1 atom stereocenters. The average molecular weight is 351 g/mol. The highest BCUT2D eigenvalue weighted by atomic mass is 16.5. The molecule has 0 aliphatic rings. The number of carbonyl (C=O) groups is 2. The Hall–Kier alpha value is -3.33. The van der Waals surface area contributed by atoms with Crippen LogP contribution in [0.3, 0.4) is 0 Å². The number of alkyl carbamates (subject to hydrolysis) is 1. The van der Waals surface area contributed by atoms with Gasteiger partial charge >= 0.3 is 6.09 Å². The second kappa shape index (κ2) is 9.84. The van der Waals surface area contributed by atoms with Gasteiger partial charge < -0.3 is 15.4 Å². The van der Waals surface area contributed by atoms with Crippen molar-refractivity contribution >= 4 is 22.8 Å². The van der Waals surface area contributed by atoms with Crippen LogP contribution in [0.4, 0.5) is 4.79 Å². The number of carbonyl (C=O) groups excluding carboxylic acids is 2. The van der Waals surface area contributed by atoms with E-state index in [0.717, 1.165) is 16.3 Å². The van der Waals surface area contributed by atoms with Crippen LogP contribution in [-0.2, 0) is 9.53 Å². The first-order valence-corrected chi connectivity index (χ1v) is 8.30. The van der Waals surface area contributed by atoms with E-state index in [2.05, 4.69) is 17.2 Å². The standard InChI is InChI=1S/C20H21N3O3/c1-2-3-12-26-20(25)23-14-18(19(24)22-11-10-21)17-9-8-15-6-4-5-7-16(15)13-17/h2,4-9,13,18H,1,3,11-12,14H2,(H,22,24)(H,23,25). The minimum Gasteiger partial charge on any atom is -0.449 e. The van der Waals surface area contributed by atoms with Gasteiger partial charge in [-0.2, -0.15) is 5.26 Å². The number of fused-ring (bicyclic) bond motifs is 1. The molecule has 0 spiro atoms. The summed E-state index contributed by atoms with van der Waals surface area (Å²) in [6, 6.07) is 15.4.